The van der Waals surface area contributed by atoms with Crippen LogP contribution in [0.3, 0.4) is 0 Å². The summed E-state index contributed by atoms with van der Waals surface area (Å²) in [6.07, 6.45) is 4.11. The average molecular weight is 235 g/mol. The first kappa shape index (κ1) is 11.5. The number of primary sulfonamides is 1. The van der Waals surface area contributed by atoms with Crippen LogP contribution in [0.15, 0.2) is 17.6 Å². The van der Waals surface area contributed by atoms with Gasteiger partial charge >= 0.3 is 0 Å². The molecule has 0 aliphatic carbocycles. The number of nitrogens with two attached hydrogens (primary N) is 1. The molecule has 2 N–H and O–H groups in total. The lowest BCUT2D eigenvalue weighted by Crippen LogP contribution is -2.16. The molecule has 0 spiro atoms. The molecular formula is C7H13N3O2S2. The predicted octanol–water partition coefficient (Wildman–Crippen LogP) is 0.191. The van der Waals surface area contributed by atoms with Crippen LogP contribution < -0.4 is 5.14 Å². The Hall–Kier alpha value is -0.530. The van der Waals surface area contributed by atoms with Crippen LogP contribution in [0.25, 0.3) is 0 Å². The van der Waals surface area contributed by atoms with E-state index >= 15 is 0 Å². The summed E-state index contributed by atoms with van der Waals surface area (Å²) in [6.45, 7) is 0. The van der Waals surface area contributed by atoms with Crippen LogP contribution in [-0.4, -0.2) is 29.5 Å². The molecule has 0 radical (unpaired) electrons. The van der Waals surface area contributed by atoms with Crippen molar-refractivity contribution in [1.82, 2.24) is 9.55 Å². The SMILES string of the molecule is Cn1ccnc1SCCCS(N)(=O)=O. The lowest BCUT2D eigenvalue weighted by atomic mass is 10.6. The Morgan fingerprint density at radius 2 is 2.36 bits per heavy atom. The van der Waals surface area contributed by atoms with Crippen molar-refractivity contribution >= 4 is 21.8 Å². The van der Waals surface area contributed by atoms with Crippen LogP contribution in [0.1, 0.15) is 6.42 Å². The van der Waals surface area contributed by atoms with Crippen LogP contribution in [0.2, 0.25) is 0 Å². The number of thioether (sulfide) groups is 1. The molecule has 0 aromatic carbocycles. The van der Waals surface area contributed by atoms with E-state index in [1.165, 1.54) is 11.8 Å². The molecule has 0 bridgehead atoms. The number of imidazole rings is 1. The lowest BCUT2D eigenvalue weighted by molar-refractivity contribution is 0.596. The highest BCUT2D eigenvalue weighted by atomic mass is 32.2. The minimum absolute atomic E-state index is 0.0322. The second-order valence-electron chi connectivity index (χ2n) is 2.89. The van der Waals surface area contributed by atoms with Crippen LogP contribution in [-0.2, 0) is 17.1 Å². The van der Waals surface area contributed by atoms with Gasteiger partial charge < -0.3 is 4.57 Å². The Kier molecular flexibility index (Phi) is 3.97. The van der Waals surface area contributed by atoms with Crippen molar-refractivity contribution in [1.29, 1.82) is 0 Å². The van der Waals surface area contributed by atoms with E-state index in [4.69, 9.17) is 5.14 Å². The Morgan fingerprint density at radius 1 is 1.64 bits per heavy atom. The first-order valence-corrected chi connectivity index (χ1v) is 6.80. The van der Waals surface area contributed by atoms with Gasteiger partial charge in [0.15, 0.2) is 5.16 Å². The summed E-state index contributed by atoms with van der Waals surface area (Å²) in [5.41, 5.74) is 0. The molecule has 80 valence electrons. The summed E-state index contributed by atoms with van der Waals surface area (Å²) in [6, 6.07) is 0. The number of hydrogen-bond donors (Lipinski definition) is 1. The fourth-order valence-corrected chi connectivity index (χ4v) is 2.52. The molecule has 7 heteroatoms. The maximum atomic E-state index is 10.6. The quantitative estimate of drug-likeness (QED) is 0.584. The number of aryl methyl sites for hydroxylation is 1. The largest absolute Gasteiger partial charge is 0.329 e. The number of sulfonamides is 1. The summed E-state index contributed by atoms with van der Waals surface area (Å²) < 4.78 is 23.1. The average Bonchev–Trinajstić information content (AvgIpc) is 2.44. The van der Waals surface area contributed by atoms with Gasteiger partial charge in [-0.05, 0) is 6.42 Å². The topological polar surface area (TPSA) is 78.0 Å². The standard InChI is InChI=1S/C7H13N3O2S2/c1-10-4-3-9-7(10)13-5-2-6-14(8,11)12/h3-4H,2,5-6H2,1H3,(H2,8,11,12). The fraction of sp³-hybridized carbons (Fsp3) is 0.571. The third-order valence-electron chi connectivity index (χ3n) is 1.58. The van der Waals surface area contributed by atoms with Gasteiger partial charge in [-0.15, -0.1) is 0 Å². The molecule has 1 heterocycles. The van der Waals surface area contributed by atoms with Gasteiger partial charge in [-0.1, -0.05) is 11.8 Å². The predicted molar refractivity (Wildman–Crippen MR) is 56.5 cm³/mol. The first-order valence-electron chi connectivity index (χ1n) is 4.09. The van der Waals surface area contributed by atoms with Gasteiger partial charge in [0, 0.05) is 25.2 Å². The van der Waals surface area contributed by atoms with Crippen molar-refractivity contribution in [3.05, 3.63) is 12.4 Å². The van der Waals surface area contributed by atoms with E-state index in [1.54, 1.807) is 6.20 Å². The van der Waals surface area contributed by atoms with Gasteiger partial charge in [-0.3, -0.25) is 0 Å². The van der Waals surface area contributed by atoms with Gasteiger partial charge in [0.2, 0.25) is 10.0 Å². The third-order valence-corrected chi connectivity index (χ3v) is 3.58. The molecular weight excluding hydrogens is 222 g/mol. The molecule has 1 aromatic rings. The second kappa shape index (κ2) is 4.81. The molecule has 0 aliphatic heterocycles. The summed E-state index contributed by atoms with van der Waals surface area (Å²) in [7, 11) is -1.42. The summed E-state index contributed by atoms with van der Waals surface area (Å²) in [5, 5.41) is 5.76. The highest BCUT2D eigenvalue weighted by molar-refractivity contribution is 7.99. The number of aromatic nitrogens is 2. The van der Waals surface area contributed by atoms with Gasteiger partial charge in [0.05, 0.1) is 5.75 Å². The molecule has 1 aromatic heterocycles. The molecule has 1 rings (SSSR count). The van der Waals surface area contributed by atoms with Crippen LogP contribution in [0.4, 0.5) is 0 Å². The molecule has 5 nitrogen and oxygen atoms in total. The molecule has 0 atom stereocenters. The van der Waals surface area contributed by atoms with Crippen LogP contribution in [0, 0.1) is 0 Å². The van der Waals surface area contributed by atoms with E-state index < -0.39 is 10.0 Å². The number of rotatable bonds is 5. The van der Waals surface area contributed by atoms with Crippen molar-refractivity contribution in [3.8, 4) is 0 Å². The van der Waals surface area contributed by atoms with Crippen molar-refractivity contribution in [2.75, 3.05) is 11.5 Å². The molecule has 0 amide bonds. The zero-order valence-electron chi connectivity index (χ0n) is 7.88. The maximum Gasteiger partial charge on any atom is 0.209 e. The van der Waals surface area contributed by atoms with Gasteiger partial charge in [0.1, 0.15) is 0 Å². The summed E-state index contributed by atoms with van der Waals surface area (Å²) >= 11 is 1.53. The Labute approximate surface area is 87.8 Å². The van der Waals surface area contributed by atoms with Crippen molar-refractivity contribution in [3.63, 3.8) is 0 Å². The molecule has 0 unspecified atom stereocenters. The number of hydrogen-bond acceptors (Lipinski definition) is 4. The van der Waals surface area contributed by atoms with E-state index in [0.29, 0.717) is 12.2 Å². The molecule has 0 fully saturated rings. The van der Waals surface area contributed by atoms with Crippen LogP contribution >= 0.6 is 11.8 Å². The van der Waals surface area contributed by atoms with E-state index in [0.717, 1.165) is 5.16 Å². The molecule has 0 aliphatic rings. The Morgan fingerprint density at radius 3 is 2.86 bits per heavy atom. The monoisotopic (exact) mass is 235 g/mol. The second-order valence-corrected chi connectivity index (χ2v) is 5.69. The van der Waals surface area contributed by atoms with E-state index in [9.17, 15) is 8.42 Å². The van der Waals surface area contributed by atoms with Crippen molar-refractivity contribution < 1.29 is 8.42 Å². The lowest BCUT2D eigenvalue weighted by Gasteiger charge is -2.00. The van der Waals surface area contributed by atoms with Crippen molar-refractivity contribution in [2.24, 2.45) is 12.2 Å². The van der Waals surface area contributed by atoms with E-state index in [2.05, 4.69) is 4.98 Å². The first-order chi connectivity index (χ1) is 6.49. The van der Waals surface area contributed by atoms with Crippen LogP contribution in [0.5, 0.6) is 0 Å². The van der Waals surface area contributed by atoms with Crippen molar-refractivity contribution in [2.45, 2.75) is 11.6 Å². The molecule has 14 heavy (non-hydrogen) atoms. The molecule has 0 saturated carbocycles. The zero-order chi connectivity index (χ0) is 10.6. The normalized spacial score (nSPS) is 11.9. The minimum Gasteiger partial charge on any atom is -0.329 e. The zero-order valence-corrected chi connectivity index (χ0v) is 9.51. The summed E-state index contributed by atoms with van der Waals surface area (Å²) in [5.74, 6) is 0.742. The molecule has 0 saturated heterocycles. The van der Waals surface area contributed by atoms with Gasteiger partial charge in [-0.25, -0.2) is 18.5 Å². The maximum absolute atomic E-state index is 10.6. The third kappa shape index (κ3) is 4.12. The Bertz CT molecular complexity index is 385. The van der Waals surface area contributed by atoms with Gasteiger partial charge in [-0.2, -0.15) is 0 Å². The van der Waals surface area contributed by atoms with Gasteiger partial charge in [0.25, 0.3) is 0 Å². The highest BCUT2D eigenvalue weighted by Crippen LogP contribution is 2.15. The van der Waals surface area contributed by atoms with E-state index in [-0.39, 0.29) is 5.75 Å². The van der Waals surface area contributed by atoms with E-state index in [1.807, 2.05) is 17.8 Å². The summed E-state index contributed by atoms with van der Waals surface area (Å²) in [4.78, 5) is 4.09. The highest BCUT2D eigenvalue weighted by Gasteiger charge is 2.03. The smallest absolute Gasteiger partial charge is 0.209 e. The Balaban J connectivity index is 2.26. The minimum atomic E-state index is -3.32. The fourth-order valence-electron chi connectivity index (χ4n) is 0.915. The number of nitrogens with zero attached hydrogens (tertiary/aromatic N) is 2.